The third-order valence-corrected chi connectivity index (χ3v) is 3.79. The molecule has 0 unspecified atom stereocenters. The SMILES string of the molecule is Cc1nc(NCCCn2cncn2)cc(C2CC(N)C2)n1.Cl.Cl. The smallest absolute Gasteiger partial charge is 0.137 e. The molecular weight excluding hydrogens is 337 g/mol. The Labute approximate surface area is 148 Å². The van der Waals surface area contributed by atoms with Crippen LogP contribution in [0.25, 0.3) is 0 Å². The first-order chi connectivity index (χ1) is 10.2. The van der Waals surface area contributed by atoms with Crippen molar-refractivity contribution in [3.05, 3.63) is 30.2 Å². The second-order valence-corrected chi connectivity index (χ2v) is 5.59. The van der Waals surface area contributed by atoms with Gasteiger partial charge in [0.1, 0.15) is 24.3 Å². The van der Waals surface area contributed by atoms with Crippen LogP contribution in [0.1, 0.15) is 36.7 Å². The quantitative estimate of drug-likeness (QED) is 0.765. The molecule has 2 aromatic rings. The molecule has 0 spiro atoms. The Kier molecular flexibility index (Phi) is 7.67. The van der Waals surface area contributed by atoms with Crippen molar-refractivity contribution < 1.29 is 0 Å². The fourth-order valence-corrected chi connectivity index (χ4v) is 2.60. The maximum Gasteiger partial charge on any atom is 0.137 e. The Morgan fingerprint density at radius 3 is 2.74 bits per heavy atom. The number of rotatable bonds is 6. The molecule has 0 amide bonds. The maximum absolute atomic E-state index is 5.85. The summed E-state index contributed by atoms with van der Waals surface area (Å²) in [5, 5.41) is 7.44. The molecule has 1 saturated carbocycles. The van der Waals surface area contributed by atoms with E-state index < -0.39 is 0 Å². The Hall–Kier alpha value is -1.44. The van der Waals surface area contributed by atoms with Gasteiger partial charge in [-0.05, 0) is 26.2 Å². The molecule has 128 valence electrons. The van der Waals surface area contributed by atoms with E-state index in [0.29, 0.717) is 12.0 Å². The predicted octanol–water partition coefficient (Wildman–Crippen LogP) is 1.93. The normalized spacial score (nSPS) is 19.2. The van der Waals surface area contributed by atoms with E-state index in [1.54, 1.807) is 12.7 Å². The molecule has 2 heterocycles. The van der Waals surface area contributed by atoms with Crippen molar-refractivity contribution >= 4 is 30.6 Å². The average molecular weight is 360 g/mol. The van der Waals surface area contributed by atoms with Crippen LogP contribution in [0.2, 0.25) is 0 Å². The van der Waals surface area contributed by atoms with Crippen molar-refractivity contribution in [3.8, 4) is 0 Å². The van der Waals surface area contributed by atoms with Gasteiger partial charge in [0, 0.05) is 36.8 Å². The summed E-state index contributed by atoms with van der Waals surface area (Å²) in [6.07, 6.45) is 6.31. The number of hydrogen-bond acceptors (Lipinski definition) is 6. The van der Waals surface area contributed by atoms with Gasteiger partial charge in [-0.3, -0.25) is 4.68 Å². The van der Waals surface area contributed by atoms with Crippen LogP contribution >= 0.6 is 24.8 Å². The van der Waals surface area contributed by atoms with Crippen LogP contribution in [0.3, 0.4) is 0 Å². The van der Waals surface area contributed by atoms with Gasteiger partial charge in [-0.25, -0.2) is 15.0 Å². The molecule has 1 aliphatic rings. The Morgan fingerprint density at radius 1 is 1.30 bits per heavy atom. The fourth-order valence-electron chi connectivity index (χ4n) is 2.60. The zero-order valence-corrected chi connectivity index (χ0v) is 14.7. The topological polar surface area (TPSA) is 94.5 Å². The van der Waals surface area contributed by atoms with Gasteiger partial charge >= 0.3 is 0 Å². The average Bonchev–Trinajstić information content (AvgIpc) is 2.93. The molecule has 1 fully saturated rings. The van der Waals surface area contributed by atoms with Crippen LogP contribution in [-0.2, 0) is 6.54 Å². The highest BCUT2D eigenvalue weighted by atomic mass is 35.5. The van der Waals surface area contributed by atoms with Crippen LogP contribution in [-0.4, -0.2) is 37.3 Å². The third kappa shape index (κ3) is 5.30. The van der Waals surface area contributed by atoms with Crippen LogP contribution in [0.4, 0.5) is 5.82 Å². The molecule has 0 aromatic carbocycles. The summed E-state index contributed by atoms with van der Waals surface area (Å²) in [5.74, 6) is 2.21. The number of aryl methyl sites for hydroxylation is 2. The summed E-state index contributed by atoms with van der Waals surface area (Å²) in [4.78, 5) is 12.9. The molecule has 0 aliphatic heterocycles. The summed E-state index contributed by atoms with van der Waals surface area (Å²) < 4.78 is 1.83. The zero-order valence-electron chi connectivity index (χ0n) is 13.1. The molecule has 2 aromatic heterocycles. The van der Waals surface area contributed by atoms with E-state index in [0.717, 1.165) is 49.7 Å². The number of hydrogen-bond donors (Lipinski definition) is 2. The summed E-state index contributed by atoms with van der Waals surface area (Å²) in [5.41, 5.74) is 6.97. The maximum atomic E-state index is 5.85. The Morgan fingerprint density at radius 2 is 2.09 bits per heavy atom. The first kappa shape index (κ1) is 19.6. The minimum atomic E-state index is 0. The lowest BCUT2D eigenvalue weighted by Gasteiger charge is -2.32. The van der Waals surface area contributed by atoms with Gasteiger partial charge in [0.2, 0.25) is 0 Å². The van der Waals surface area contributed by atoms with Crippen LogP contribution in [0.15, 0.2) is 18.7 Å². The second kappa shape index (κ2) is 9.00. The van der Waals surface area contributed by atoms with E-state index in [2.05, 4.69) is 31.4 Å². The van der Waals surface area contributed by atoms with E-state index in [9.17, 15) is 0 Å². The summed E-state index contributed by atoms with van der Waals surface area (Å²) in [7, 11) is 0. The van der Waals surface area contributed by atoms with E-state index in [4.69, 9.17) is 5.73 Å². The standard InChI is InChI=1S/C14H21N7.2ClH/c1-10-19-13(11-5-12(15)6-11)7-14(20-10)17-3-2-4-21-9-16-8-18-21;;/h7-9,11-12H,2-6,15H2,1H3,(H,17,19,20);2*1H. The Bertz CT molecular complexity index is 585. The van der Waals surface area contributed by atoms with Crippen LogP contribution in [0, 0.1) is 6.92 Å². The van der Waals surface area contributed by atoms with Gasteiger partial charge in [0.15, 0.2) is 0 Å². The predicted molar refractivity (Wildman–Crippen MR) is 94.3 cm³/mol. The van der Waals surface area contributed by atoms with Crippen LogP contribution < -0.4 is 11.1 Å². The van der Waals surface area contributed by atoms with E-state index >= 15 is 0 Å². The van der Waals surface area contributed by atoms with Crippen molar-refractivity contribution in [1.82, 2.24) is 24.7 Å². The van der Waals surface area contributed by atoms with E-state index in [1.807, 2.05) is 11.6 Å². The van der Waals surface area contributed by atoms with E-state index in [-0.39, 0.29) is 24.8 Å². The lowest BCUT2D eigenvalue weighted by atomic mass is 9.78. The largest absolute Gasteiger partial charge is 0.370 e. The van der Waals surface area contributed by atoms with Gasteiger partial charge < -0.3 is 11.1 Å². The number of nitrogens with zero attached hydrogens (tertiary/aromatic N) is 5. The minimum Gasteiger partial charge on any atom is -0.370 e. The lowest BCUT2D eigenvalue weighted by molar-refractivity contribution is 0.344. The number of aromatic nitrogens is 5. The molecule has 3 N–H and O–H groups in total. The van der Waals surface area contributed by atoms with Crippen molar-refractivity contribution in [2.45, 2.75) is 44.7 Å². The molecule has 0 atom stereocenters. The van der Waals surface area contributed by atoms with Gasteiger partial charge in [0.25, 0.3) is 0 Å². The zero-order chi connectivity index (χ0) is 14.7. The van der Waals surface area contributed by atoms with Gasteiger partial charge in [-0.1, -0.05) is 0 Å². The Balaban J connectivity index is 0.00000132. The molecule has 9 heteroatoms. The first-order valence-electron chi connectivity index (χ1n) is 7.38. The van der Waals surface area contributed by atoms with Crippen molar-refractivity contribution in [2.24, 2.45) is 5.73 Å². The van der Waals surface area contributed by atoms with Crippen molar-refractivity contribution in [3.63, 3.8) is 0 Å². The molecule has 0 bridgehead atoms. The monoisotopic (exact) mass is 359 g/mol. The van der Waals surface area contributed by atoms with Crippen molar-refractivity contribution in [2.75, 3.05) is 11.9 Å². The second-order valence-electron chi connectivity index (χ2n) is 5.59. The molecular formula is C14H23Cl2N7. The number of nitrogens with one attached hydrogen (secondary N) is 1. The number of anilines is 1. The highest BCUT2D eigenvalue weighted by molar-refractivity contribution is 5.85. The third-order valence-electron chi connectivity index (χ3n) is 3.79. The molecule has 23 heavy (non-hydrogen) atoms. The van der Waals surface area contributed by atoms with Gasteiger partial charge in [-0.2, -0.15) is 5.10 Å². The summed E-state index contributed by atoms with van der Waals surface area (Å²) in [6.45, 7) is 3.63. The summed E-state index contributed by atoms with van der Waals surface area (Å²) in [6, 6.07) is 2.39. The number of nitrogens with two attached hydrogens (primary N) is 1. The van der Waals surface area contributed by atoms with Gasteiger partial charge in [0.05, 0.1) is 0 Å². The molecule has 3 rings (SSSR count). The minimum absolute atomic E-state index is 0. The van der Waals surface area contributed by atoms with Crippen molar-refractivity contribution in [1.29, 1.82) is 0 Å². The molecule has 1 aliphatic carbocycles. The van der Waals surface area contributed by atoms with E-state index in [1.165, 1.54) is 0 Å². The van der Waals surface area contributed by atoms with Gasteiger partial charge in [-0.15, -0.1) is 24.8 Å². The fraction of sp³-hybridized carbons (Fsp3) is 0.571. The van der Waals surface area contributed by atoms with Crippen LogP contribution in [0.5, 0.6) is 0 Å². The summed E-state index contributed by atoms with van der Waals surface area (Å²) >= 11 is 0. The highest BCUT2D eigenvalue weighted by Crippen LogP contribution is 2.35. The first-order valence-corrected chi connectivity index (χ1v) is 7.38. The molecule has 7 nitrogen and oxygen atoms in total. The molecule has 0 saturated heterocycles. The lowest BCUT2D eigenvalue weighted by Crippen LogP contribution is -2.35. The molecule has 0 radical (unpaired) electrons. The highest BCUT2D eigenvalue weighted by Gasteiger charge is 2.28. The number of halogens is 2.